The fraction of sp³-hybridized carbons (Fsp3) is 0.526. The molecule has 26 heavy (non-hydrogen) atoms. The van der Waals surface area contributed by atoms with Crippen molar-refractivity contribution >= 4 is 23.4 Å². The summed E-state index contributed by atoms with van der Waals surface area (Å²) in [5, 5.41) is 9.23. The van der Waals surface area contributed by atoms with Gasteiger partial charge in [-0.2, -0.15) is 0 Å². The van der Waals surface area contributed by atoms with Crippen molar-refractivity contribution in [1.82, 2.24) is 15.5 Å². The highest BCUT2D eigenvalue weighted by molar-refractivity contribution is 6.06. The number of hydrogen-bond donors (Lipinski definition) is 3. The first kappa shape index (κ1) is 17.0. The molecule has 0 aliphatic carbocycles. The highest BCUT2D eigenvalue weighted by Crippen LogP contribution is 2.32. The first-order chi connectivity index (χ1) is 12.6. The van der Waals surface area contributed by atoms with E-state index in [1.807, 2.05) is 18.2 Å². The number of amides is 3. The highest BCUT2D eigenvalue weighted by Gasteiger charge is 2.39. The van der Waals surface area contributed by atoms with Crippen molar-refractivity contribution in [3.05, 3.63) is 29.3 Å². The third-order valence-corrected chi connectivity index (χ3v) is 5.62. The van der Waals surface area contributed by atoms with Gasteiger partial charge in [-0.05, 0) is 50.4 Å². The minimum absolute atomic E-state index is 0.125. The molecular formula is C19H24N4O3. The molecule has 2 fully saturated rings. The van der Waals surface area contributed by atoms with Crippen molar-refractivity contribution in [2.24, 2.45) is 5.92 Å². The number of nitrogens with one attached hydrogen (secondary N) is 3. The number of imide groups is 1. The second-order valence-corrected chi connectivity index (χ2v) is 7.31. The van der Waals surface area contributed by atoms with Crippen molar-refractivity contribution in [2.45, 2.75) is 38.3 Å². The SMILES string of the molecule is O=C1CCC(N2Cc3c(NCC4CCNCC4)cccc3C2=O)C(=O)N1. The molecule has 3 heterocycles. The molecule has 0 spiro atoms. The Morgan fingerprint density at radius 2 is 1.92 bits per heavy atom. The van der Waals surface area contributed by atoms with Crippen LogP contribution in [0.1, 0.15) is 41.6 Å². The lowest BCUT2D eigenvalue weighted by Gasteiger charge is -2.29. The number of rotatable bonds is 4. The van der Waals surface area contributed by atoms with E-state index in [1.54, 1.807) is 4.90 Å². The first-order valence-electron chi connectivity index (χ1n) is 9.34. The van der Waals surface area contributed by atoms with Gasteiger partial charge in [-0.1, -0.05) is 6.07 Å². The Bertz CT molecular complexity index is 742. The van der Waals surface area contributed by atoms with Gasteiger partial charge in [-0.3, -0.25) is 19.7 Å². The Hall–Kier alpha value is -2.41. The predicted molar refractivity (Wildman–Crippen MR) is 96.6 cm³/mol. The summed E-state index contributed by atoms with van der Waals surface area (Å²) < 4.78 is 0. The van der Waals surface area contributed by atoms with Crippen LogP contribution in [0.4, 0.5) is 5.69 Å². The average molecular weight is 356 g/mol. The normalized spacial score (nSPS) is 23.8. The monoisotopic (exact) mass is 356 g/mol. The van der Waals surface area contributed by atoms with E-state index in [-0.39, 0.29) is 24.1 Å². The molecule has 1 aromatic rings. The van der Waals surface area contributed by atoms with E-state index in [4.69, 9.17) is 0 Å². The molecule has 7 heteroatoms. The zero-order chi connectivity index (χ0) is 18.1. The molecule has 7 nitrogen and oxygen atoms in total. The minimum atomic E-state index is -0.565. The van der Waals surface area contributed by atoms with Crippen LogP contribution in [0.5, 0.6) is 0 Å². The highest BCUT2D eigenvalue weighted by atomic mass is 16.2. The van der Waals surface area contributed by atoms with Gasteiger partial charge in [0.2, 0.25) is 11.8 Å². The number of carbonyl (C=O) groups excluding carboxylic acids is 3. The van der Waals surface area contributed by atoms with Gasteiger partial charge in [-0.25, -0.2) is 0 Å². The zero-order valence-corrected chi connectivity index (χ0v) is 14.7. The topological polar surface area (TPSA) is 90.5 Å². The molecule has 1 aromatic carbocycles. The Balaban J connectivity index is 1.48. The molecule has 0 saturated carbocycles. The molecule has 0 aromatic heterocycles. The van der Waals surface area contributed by atoms with Crippen molar-refractivity contribution in [2.75, 3.05) is 25.0 Å². The van der Waals surface area contributed by atoms with Crippen LogP contribution in [0.2, 0.25) is 0 Å². The van der Waals surface area contributed by atoms with E-state index in [2.05, 4.69) is 16.0 Å². The molecule has 0 radical (unpaired) electrons. The van der Waals surface area contributed by atoms with E-state index >= 15 is 0 Å². The van der Waals surface area contributed by atoms with E-state index in [0.717, 1.165) is 43.7 Å². The van der Waals surface area contributed by atoms with Crippen LogP contribution in [-0.4, -0.2) is 48.3 Å². The molecule has 3 aliphatic heterocycles. The maximum atomic E-state index is 12.8. The van der Waals surface area contributed by atoms with Gasteiger partial charge in [0.1, 0.15) is 6.04 Å². The van der Waals surface area contributed by atoms with Gasteiger partial charge in [0, 0.05) is 36.3 Å². The Morgan fingerprint density at radius 3 is 2.69 bits per heavy atom. The third kappa shape index (κ3) is 3.19. The van der Waals surface area contributed by atoms with Gasteiger partial charge in [0.05, 0.1) is 0 Å². The molecule has 4 rings (SSSR count). The summed E-state index contributed by atoms with van der Waals surface area (Å²) in [6.07, 6.45) is 2.98. The molecule has 1 unspecified atom stereocenters. The first-order valence-corrected chi connectivity index (χ1v) is 9.34. The lowest BCUT2D eigenvalue weighted by Crippen LogP contribution is -2.52. The second kappa shape index (κ2) is 7.07. The van der Waals surface area contributed by atoms with Gasteiger partial charge in [0.25, 0.3) is 5.91 Å². The maximum Gasteiger partial charge on any atom is 0.255 e. The number of nitrogens with zero attached hydrogens (tertiary/aromatic N) is 1. The van der Waals surface area contributed by atoms with E-state index in [9.17, 15) is 14.4 Å². The Kier molecular flexibility index (Phi) is 4.63. The molecule has 3 N–H and O–H groups in total. The number of carbonyl (C=O) groups is 3. The molecule has 3 aliphatic rings. The average Bonchev–Trinajstić information content (AvgIpc) is 2.98. The summed E-state index contributed by atoms with van der Waals surface area (Å²) in [6, 6.07) is 5.14. The molecular weight excluding hydrogens is 332 g/mol. The molecule has 138 valence electrons. The number of hydrogen-bond acceptors (Lipinski definition) is 5. The zero-order valence-electron chi connectivity index (χ0n) is 14.7. The van der Waals surface area contributed by atoms with Gasteiger partial charge in [0.15, 0.2) is 0 Å². The van der Waals surface area contributed by atoms with Crippen LogP contribution in [0.3, 0.4) is 0 Å². The van der Waals surface area contributed by atoms with Crippen LogP contribution in [0.15, 0.2) is 18.2 Å². The van der Waals surface area contributed by atoms with Crippen LogP contribution in [0, 0.1) is 5.92 Å². The quantitative estimate of drug-likeness (QED) is 0.696. The molecule has 1 atom stereocenters. The standard InChI is InChI=1S/C19H24N4O3/c24-17-5-4-16(18(25)22-17)23-11-14-13(19(23)26)2-1-3-15(14)21-10-12-6-8-20-9-7-12/h1-3,12,16,20-21H,4-11H2,(H,22,24,25). The van der Waals surface area contributed by atoms with Crippen molar-refractivity contribution in [3.8, 4) is 0 Å². The number of piperidine rings is 2. The largest absolute Gasteiger partial charge is 0.384 e. The fourth-order valence-electron chi connectivity index (χ4n) is 4.09. The van der Waals surface area contributed by atoms with Gasteiger partial charge >= 0.3 is 0 Å². The lowest BCUT2D eigenvalue weighted by atomic mass is 9.98. The van der Waals surface area contributed by atoms with Crippen LogP contribution in [0.25, 0.3) is 0 Å². The Labute approximate surface area is 152 Å². The lowest BCUT2D eigenvalue weighted by molar-refractivity contribution is -0.136. The summed E-state index contributed by atoms with van der Waals surface area (Å²) in [4.78, 5) is 37.9. The van der Waals surface area contributed by atoms with E-state index in [0.29, 0.717) is 24.4 Å². The maximum absolute atomic E-state index is 12.8. The Morgan fingerprint density at radius 1 is 1.12 bits per heavy atom. The molecule has 2 saturated heterocycles. The van der Waals surface area contributed by atoms with Crippen molar-refractivity contribution in [3.63, 3.8) is 0 Å². The fourth-order valence-corrected chi connectivity index (χ4v) is 4.09. The predicted octanol–water partition coefficient (Wildman–Crippen LogP) is 0.859. The summed E-state index contributed by atoms with van der Waals surface area (Å²) in [7, 11) is 0. The van der Waals surface area contributed by atoms with Crippen LogP contribution in [-0.2, 0) is 16.1 Å². The minimum Gasteiger partial charge on any atom is -0.384 e. The van der Waals surface area contributed by atoms with E-state index < -0.39 is 6.04 Å². The molecule has 3 amide bonds. The third-order valence-electron chi connectivity index (χ3n) is 5.62. The summed E-state index contributed by atoms with van der Waals surface area (Å²) in [6.45, 7) is 3.42. The van der Waals surface area contributed by atoms with Crippen molar-refractivity contribution in [1.29, 1.82) is 0 Å². The van der Waals surface area contributed by atoms with Crippen LogP contribution >= 0.6 is 0 Å². The number of fused-ring (bicyclic) bond motifs is 1. The van der Waals surface area contributed by atoms with Crippen molar-refractivity contribution < 1.29 is 14.4 Å². The van der Waals surface area contributed by atoms with Gasteiger partial charge < -0.3 is 15.5 Å². The van der Waals surface area contributed by atoms with Gasteiger partial charge in [-0.15, -0.1) is 0 Å². The van der Waals surface area contributed by atoms with Crippen LogP contribution < -0.4 is 16.0 Å². The summed E-state index contributed by atoms with van der Waals surface area (Å²) >= 11 is 0. The number of anilines is 1. The number of benzene rings is 1. The summed E-state index contributed by atoms with van der Waals surface area (Å²) in [5.74, 6) is -0.123. The smallest absolute Gasteiger partial charge is 0.255 e. The second-order valence-electron chi connectivity index (χ2n) is 7.31. The molecule has 0 bridgehead atoms. The van der Waals surface area contributed by atoms with E-state index in [1.165, 1.54) is 0 Å². The summed E-state index contributed by atoms with van der Waals surface area (Å²) in [5.41, 5.74) is 2.59.